The Labute approximate surface area is 226 Å². The van der Waals surface area contributed by atoms with Gasteiger partial charge in [0.25, 0.3) is 0 Å². The highest BCUT2D eigenvalue weighted by molar-refractivity contribution is 5.82. The Morgan fingerprint density at radius 2 is 1.00 bits per heavy atom. The van der Waals surface area contributed by atoms with Gasteiger partial charge in [0.1, 0.15) is 0 Å². The van der Waals surface area contributed by atoms with Crippen molar-refractivity contribution in [3.05, 3.63) is 107 Å². The van der Waals surface area contributed by atoms with Crippen molar-refractivity contribution in [2.75, 3.05) is 13.1 Å². The summed E-state index contributed by atoms with van der Waals surface area (Å²) in [6, 6.07) is 28.0. The summed E-state index contributed by atoms with van der Waals surface area (Å²) in [5.74, 6) is 0.0845. The smallest absolute Gasteiger partial charge is 0.237 e. The Bertz CT molecular complexity index is 1050. The fourth-order valence-electron chi connectivity index (χ4n) is 4.82. The van der Waals surface area contributed by atoms with Crippen LogP contribution in [0.25, 0.3) is 0 Å². The number of fused-ring (bicyclic) bond motifs is 2. The molecule has 38 heavy (non-hydrogen) atoms. The molecule has 2 atom stereocenters. The number of rotatable bonds is 4. The Balaban J connectivity index is 1.47. The lowest BCUT2D eigenvalue weighted by Crippen LogP contribution is -2.45. The van der Waals surface area contributed by atoms with E-state index in [1.165, 1.54) is 0 Å². The first-order chi connectivity index (χ1) is 18.7. The summed E-state index contributed by atoms with van der Waals surface area (Å²) in [6.45, 7) is 2.51. The van der Waals surface area contributed by atoms with Crippen molar-refractivity contribution in [1.29, 1.82) is 0 Å². The molecule has 1 heterocycles. The minimum atomic E-state index is -0.307. The SMILES string of the molecule is O=C1NCCCCCCNC(=O)[C@H](Cc2ccccc2)NCc2cccc(c2)CN[C@H]1Cc1ccccc1. The van der Waals surface area contributed by atoms with Gasteiger partial charge in [-0.1, -0.05) is 97.8 Å². The average Bonchev–Trinajstić information content (AvgIpc) is 2.95. The van der Waals surface area contributed by atoms with Crippen LogP contribution in [0.5, 0.6) is 0 Å². The number of hydrogen-bond donors (Lipinski definition) is 4. The zero-order valence-electron chi connectivity index (χ0n) is 22.1. The average molecular weight is 513 g/mol. The van der Waals surface area contributed by atoms with Crippen LogP contribution in [-0.4, -0.2) is 37.0 Å². The standard InChI is InChI=1S/C32H40N4O2/c37-31-29(21-25-12-5-3-6-13-25)35-23-27-16-11-17-28(20-27)24-36-30(22-26-14-7-4-8-15-26)32(38)34-19-10-2-1-9-18-33-31/h3-8,11-17,20,29-30,35-36H,1-2,9-10,18-19,21-24H2,(H,33,37)(H,34,38)/t29-,30-/m0/s1. The summed E-state index contributed by atoms with van der Waals surface area (Å²) < 4.78 is 0. The lowest BCUT2D eigenvalue weighted by atomic mass is 10.0. The number of benzene rings is 3. The number of carbonyl (C=O) groups is 2. The molecule has 0 unspecified atom stereocenters. The fraction of sp³-hybridized carbons (Fsp3) is 0.375. The predicted octanol–water partition coefficient (Wildman–Crippen LogP) is 3.89. The summed E-state index contributed by atoms with van der Waals surface area (Å²) >= 11 is 0. The van der Waals surface area contributed by atoms with E-state index >= 15 is 0 Å². The zero-order valence-corrected chi connectivity index (χ0v) is 22.1. The van der Waals surface area contributed by atoms with Gasteiger partial charge in [-0.15, -0.1) is 0 Å². The summed E-state index contributed by atoms with van der Waals surface area (Å²) in [5.41, 5.74) is 4.49. The molecule has 0 aromatic heterocycles. The first kappa shape index (κ1) is 27.6. The maximum Gasteiger partial charge on any atom is 0.237 e. The van der Waals surface area contributed by atoms with Crippen LogP contribution in [0.4, 0.5) is 0 Å². The van der Waals surface area contributed by atoms with Gasteiger partial charge in [-0.3, -0.25) is 9.59 Å². The third-order valence-electron chi connectivity index (χ3n) is 7.00. The van der Waals surface area contributed by atoms with E-state index in [1.54, 1.807) is 0 Å². The minimum absolute atomic E-state index is 0.0422. The van der Waals surface area contributed by atoms with Gasteiger partial charge < -0.3 is 21.3 Å². The third-order valence-corrected chi connectivity index (χ3v) is 7.00. The van der Waals surface area contributed by atoms with Crippen LogP contribution < -0.4 is 21.3 Å². The van der Waals surface area contributed by atoms with Gasteiger partial charge >= 0.3 is 0 Å². The molecule has 0 spiro atoms. The van der Waals surface area contributed by atoms with Crippen molar-refractivity contribution >= 4 is 11.8 Å². The molecule has 6 heteroatoms. The second kappa shape index (κ2) is 15.1. The fourth-order valence-corrected chi connectivity index (χ4v) is 4.82. The summed E-state index contributed by atoms with van der Waals surface area (Å²) in [6.07, 6.45) is 5.18. The van der Waals surface area contributed by atoms with E-state index in [4.69, 9.17) is 0 Å². The van der Waals surface area contributed by atoms with Gasteiger partial charge in [0, 0.05) is 26.2 Å². The van der Waals surface area contributed by atoms with Gasteiger partial charge in [0.15, 0.2) is 0 Å². The van der Waals surface area contributed by atoms with Crippen LogP contribution in [0.2, 0.25) is 0 Å². The summed E-state index contributed by atoms with van der Waals surface area (Å²) in [5, 5.41) is 13.2. The highest BCUT2D eigenvalue weighted by Crippen LogP contribution is 2.10. The second-order valence-electron chi connectivity index (χ2n) is 10.1. The molecule has 2 amide bonds. The molecule has 0 fully saturated rings. The quantitative estimate of drug-likeness (QED) is 0.428. The van der Waals surface area contributed by atoms with Crippen LogP contribution in [0.1, 0.15) is 47.9 Å². The van der Waals surface area contributed by atoms with E-state index in [0.717, 1.165) is 47.9 Å². The molecule has 200 valence electrons. The first-order valence-electron chi connectivity index (χ1n) is 13.9. The molecule has 1 aliphatic heterocycles. The maximum absolute atomic E-state index is 13.1. The molecule has 3 aromatic rings. The molecule has 0 radical (unpaired) electrons. The van der Waals surface area contributed by atoms with Crippen molar-refractivity contribution < 1.29 is 9.59 Å². The molecule has 0 saturated heterocycles. The van der Waals surface area contributed by atoms with E-state index in [9.17, 15) is 9.59 Å². The van der Waals surface area contributed by atoms with Crippen LogP contribution in [-0.2, 0) is 35.5 Å². The Hall–Kier alpha value is -3.48. The van der Waals surface area contributed by atoms with Crippen LogP contribution >= 0.6 is 0 Å². The molecular weight excluding hydrogens is 472 g/mol. The van der Waals surface area contributed by atoms with E-state index in [-0.39, 0.29) is 23.9 Å². The Morgan fingerprint density at radius 1 is 0.553 bits per heavy atom. The van der Waals surface area contributed by atoms with Gasteiger partial charge in [-0.2, -0.15) is 0 Å². The van der Waals surface area contributed by atoms with E-state index in [1.807, 2.05) is 42.5 Å². The van der Waals surface area contributed by atoms with Crippen molar-refractivity contribution in [3.8, 4) is 0 Å². The van der Waals surface area contributed by atoms with Gasteiger partial charge in [0.2, 0.25) is 11.8 Å². The lowest BCUT2D eigenvalue weighted by molar-refractivity contribution is -0.124. The van der Waals surface area contributed by atoms with Crippen LogP contribution in [0, 0.1) is 0 Å². The second-order valence-corrected chi connectivity index (χ2v) is 10.1. The normalized spacial score (nSPS) is 20.3. The predicted molar refractivity (Wildman–Crippen MR) is 152 cm³/mol. The summed E-state index contributed by atoms with van der Waals surface area (Å²) in [7, 11) is 0. The van der Waals surface area contributed by atoms with E-state index in [0.29, 0.717) is 39.0 Å². The zero-order chi connectivity index (χ0) is 26.4. The highest BCUT2D eigenvalue weighted by Gasteiger charge is 2.20. The minimum Gasteiger partial charge on any atom is -0.355 e. The van der Waals surface area contributed by atoms with E-state index in [2.05, 4.69) is 63.7 Å². The van der Waals surface area contributed by atoms with Gasteiger partial charge in [-0.25, -0.2) is 0 Å². The number of amides is 2. The first-order valence-corrected chi connectivity index (χ1v) is 13.9. The monoisotopic (exact) mass is 512 g/mol. The number of nitrogens with one attached hydrogen (secondary N) is 4. The molecule has 4 rings (SSSR count). The molecule has 4 N–H and O–H groups in total. The lowest BCUT2D eigenvalue weighted by Gasteiger charge is -2.20. The molecule has 0 aliphatic carbocycles. The molecule has 1 aliphatic rings. The van der Waals surface area contributed by atoms with Crippen LogP contribution in [0.15, 0.2) is 84.9 Å². The van der Waals surface area contributed by atoms with Gasteiger partial charge in [-0.05, 0) is 47.9 Å². The molecular formula is C32H40N4O2. The summed E-state index contributed by atoms with van der Waals surface area (Å²) in [4.78, 5) is 26.1. The molecule has 6 nitrogen and oxygen atoms in total. The largest absolute Gasteiger partial charge is 0.355 e. The number of hydrogen-bond acceptors (Lipinski definition) is 4. The van der Waals surface area contributed by atoms with Crippen molar-refractivity contribution in [2.24, 2.45) is 0 Å². The Morgan fingerprint density at radius 3 is 1.45 bits per heavy atom. The molecule has 2 bridgehead atoms. The van der Waals surface area contributed by atoms with Crippen molar-refractivity contribution in [3.63, 3.8) is 0 Å². The Kier molecular flexibility index (Phi) is 10.9. The van der Waals surface area contributed by atoms with E-state index < -0.39 is 0 Å². The van der Waals surface area contributed by atoms with Crippen molar-refractivity contribution in [2.45, 2.75) is 63.7 Å². The highest BCUT2D eigenvalue weighted by atomic mass is 16.2. The van der Waals surface area contributed by atoms with Crippen molar-refractivity contribution in [1.82, 2.24) is 21.3 Å². The van der Waals surface area contributed by atoms with Crippen LogP contribution in [0.3, 0.4) is 0 Å². The third kappa shape index (κ3) is 9.12. The molecule has 3 aromatic carbocycles. The maximum atomic E-state index is 13.1. The van der Waals surface area contributed by atoms with Gasteiger partial charge in [0.05, 0.1) is 12.1 Å². The molecule has 0 saturated carbocycles. The number of carbonyl (C=O) groups excluding carboxylic acids is 2. The topological polar surface area (TPSA) is 82.3 Å².